The third kappa shape index (κ3) is 2.34. The van der Waals surface area contributed by atoms with Gasteiger partial charge in [0.1, 0.15) is 11.4 Å². The fraction of sp³-hybridized carbons (Fsp3) is 0. The van der Waals surface area contributed by atoms with Crippen LogP contribution in [0.25, 0.3) is 27.9 Å². The molecular formula is C18H11FN2O3. The number of para-hydroxylation sites is 1. The van der Waals surface area contributed by atoms with Crippen LogP contribution < -0.4 is 11.3 Å². The molecule has 24 heavy (non-hydrogen) atoms. The molecule has 0 aliphatic carbocycles. The minimum absolute atomic E-state index is 0.256. The molecule has 5 nitrogen and oxygen atoms in total. The Bertz CT molecular complexity index is 1150. The monoisotopic (exact) mass is 322 g/mol. The van der Waals surface area contributed by atoms with Gasteiger partial charge >= 0.3 is 11.3 Å². The zero-order valence-corrected chi connectivity index (χ0v) is 12.3. The number of nitrogens with zero attached hydrogens (tertiary/aromatic N) is 1. The van der Waals surface area contributed by atoms with Crippen molar-refractivity contribution >= 4 is 11.0 Å². The lowest BCUT2D eigenvalue weighted by atomic mass is 10.1. The number of rotatable bonds is 2. The van der Waals surface area contributed by atoms with E-state index in [1.807, 2.05) is 12.1 Å². The molecule has 2 heterocycles. The van der Waals surface area contributed by atoms with E-state index in [2.05, 4.69) is 4.98 Å². The van der Waals surface area contributed by atoms with Crippen LogP contribution in [0, 0.1) is 5.82 Å². The second kappa shape index (κ2) is 5.34. The molecule has 0 saturated carbocycles. The van der Waals surface area contributed by atoms with Gasteiger partial charge in [0, 0.05) is 11.6 Å². The summed E-state index contributed by atoms with van der Waals surface area (Å²) in [6.07, 6.45) is 1.50. The van der Waals surface area contributed by atoms with Crippen molar-refractivity contribution in [2.24, 2.45) is 0 Å². The van der Waals surface area contributed by atoms with Crippen molar-refractivity contribution in [2.75, 3.05) is 0 Å². The van der Waals surface area contributed by atoms with E-state index in [-0.39, 0.29) is 5.56 Å². The maximum Gasteiger partial charge on any atom is 0.345 e. The minimum Gasteiger partial charge on any atom is -0.422 e. The average Bonchev–Trinajstić information content (AvgIpc) is 2.96. The lowest BCUT2D eigenvalue weighted by Gasteiger charge is -2.00. The summed E-state index contributed by atoms with van der Waals surface area (Å²) in [5.41, 5.74) is 0.599. The van der Waals surface area contributed by atoms with Crippen molar-refractivity contribution in [2.45, 2.75) is 0 Å². The summed E-state index contributed by atoms with van der Waals surface area (Å²) >= 11 is 0. The fourth-order valence-electron chi connectivity index (χ4n) is 2.58. The van der Waals surface area contributed by atoms with Crippen molar-refractivity contribution in [3.05, 3.63) is 87.5 Å². The molecule has 2 aromatic carbocycles. The molecule has 0 spiro atoms. The number of imidazole rings is 1. The van der Waals surface area contributed by atoms with Gasteiger partial charge in [0.2, 0.25) is 0 Å². The van der Waals surface area contributed by atoms with Gasteiger partial charge in [-0.1, -0.05) is 18.2 Å². The Kier molecular flexibility index (Phi) is 3.16. The average molecular weight is 322 g/mol. The van der Waals surface area contributed by atoms with E-state index in [9.17, 15) is 14.0 Å². The molecule has 0 saturated heterocycles. The van der Waals surface area contributed by atoms with Crippen LogP contribution in [0.15, 0.2) is 74.8 Å². The molecule has 0 aliphatic rings. The Hall–Kier alpha value is -3.41. The molecule has 0 atom stereocenters. The van der Waals surface area contributed by atoms with Crippen LogP contribution in [0.3, 0.4) is 0 Å². The summed E-state index contributed by atoms with van der Waals surface area (Å²) < 4.78 is 19.6. The van der Waals surface area contributed by atoms with Gasteiger partial charge in [-0.25, -0.2) is 14.0 Å². The van der Waals surface area contributed by atoms with Crippen molar-refractivity contribution in [1.29, 1.82) is 0 Å². The summed E-state index contributed by atoms with van der Waals surface area (Å²) in [4.78, 5) is 27.0. The number of H-pyrrole nitrogens is 1. The summed E-state index contributed by atoms with van der Waals surface area (Å²) in [5.74, 6) is -0.391. The number of hydrogen-bond donors (Lipinski definition) is 1. The Labute approximate surface area is 134 Å². The number of aromatic amines is 1. The highest BCUT2D eigenvalue weighted by Crippen LogP contribution is 2.19. The molecule has 0 amide bonds. The van der Waals surface area contributed by atoms with Gasteiger partial charge in [0.05, 0.1) is 16.9 Å². The van der Waals surface area contributed by atoms with Gasteiger partial charge in [0.25, 0.3) is 0 Å². The van der Waals surface area contributed by atoms with E-state index < -0.39 is 17.1 Å². The maximum absolute atomic E-state index is 13.0. The summed E-state index contributed by atoms with van der Waals surface area (Å²) in [6.45, 7) is 0. The second-order valence-corrected chi connectivity index (χ2v) is 5.30. The predicted octanol–water partition coefficient (Wildman–Crippen LogP) is 3.08. The van der Waals surface area contributed by atoms with Crippen LogP contribution in [0.5, 0.6) is 0 Å². The van der Waals surface area contributed by atoms with Gasteiger partial charge in [0.15, 0.2) is 0 Å². The molecule has 0 radical (unpaired) electrons. The molecule has 6 heteroatoms. The topological polar surface area (TPSA) is 68.0 Å². The van der Waals surface area contributed by atoms with Crippen LogP contribution in [0.4, 0.5) is 4.39 Å². The van der Waals surface area contributed by atoms with Gasteiger partial charge in [-0.15, -0.1) is 0 Å². The zero-order chi connectivity index (χ0) is 16.7. The Balaban J connectivity index is 1.88. The number of aromatic nitrogens is 2. The van der Waals surface area contributed by atoms with E-state index in [1.165, 1.54) is 35.0 Å². The first-order valence-electron chi connectivity index (χ1n) is 7.23. The SMILES string of the molecule is O=c1oc2ccccc2cc1-c1cn(-c2ccc(F)cc2)c(=O)[nH]1. The van der Waals surface area contributed by atoms with Gasteiger partial charge in [-0.05, 0) is 36.4 Å². The first-order chi connectivity index (χ1) is 11.6. The predicted molar refractivity (Wildman–Crippen MR) is 87.8 cm³/mol. The summed E-state index contributed by atoms with van der Waals surface area (Å²) in [6, 6.07) is 14.3. The normalized spacial score (nSPS) is 11.0. The quantitative estimate of drug-likeness (QED) is 0.577. The summed E-state index contributed by atoms with van der Waals surface area (Å²) in [7, 11) is 0. The highest BCUT2D eigenvalue weighted by Gasteiger charge is 2.12. The molecule has 1 N–H and O–H groups in total. The smallest absolute Gasteiger partial charge is 0.345 e. The van der Waals surface area contributed by atoms with Gasteiger partial charge in [-0.2, -0.15) is 0 Å². The molecule has 2 aromatic heterocycles. The van der Waals surface area contributed by atoms with Gasteiger partial charge < -0.3 is 9.40 Å². The second-order valence-electron chi connectivity index (χ2n) is 5.30. The van der Waals surface area contributed by atoms with Crippen LogP contribution in [-0.4, -0.2) is 9.55 Å². The lowest BCUT2D eigenvalue weighted by Crippen LogP contribution is -2.14. The summed E-state index contributed by atoms with van der Waals surface area (Å²) in [5, 5.41) is 0.752. The van der Waals surface area contributed by atoms with Crippen molar-refractivity contribution < 1.29 is 8.81 Å². The molecule has 0 unspecified atom stereocenters. The molecule has 0 aliphatic heterocycles. The third-order valence-corrected chi connectivity index (χ3v) is 3.75. The largest absolute Gasteiger partial charge is 0.422 e. The van der Waals surface area contributed by atoms with E-state index in [0.717, 1.165) is 5.39 Å². The molecule has 0 bridgehead atoms. The van der Waals surface area contributed by atoms with E-state index >= 15 is 0 Å². The van der Waals surface area contributed by atoms with Crippen molar-refractivity contribution in [3.63, 3.8) is 0 Å². The standard InChI is InChI=1S/C18H11FN2O3/c19-12-5-7-13(8-6-12)21-10-15(20-18(21)23)14-9-11-3-1-2-4-16(11)24-17(14)22/h1-10H,(H,20,23). The zero-order valence-electron chi connectivity index (χ0n) is 12.3. The number of benzene rings is 2. The molecular weight excluding hydrogens is 311 g/mol. The number of fused-ring (bicyclic) bond motifs is 1. The lowest BCUT2D eigenvalue weighted by molar-refractivity contribution is 0.563. The van der Waals surface area contributed by atoms with E-state index in [1.54, 1.807) is 18.2 Å². The molecule has 4 rings (SSSR count). The van der Waals surface area contributed by atoms with Crippen LogP contribution >= 0.6 is 0 Å². The van der Waals surface area contributed by atoms with Gasteiger partial charge in [-0.3, -0.25) is 4.57 Å². The highest BCUT2D eigenvalue weighted by molar-refractivity contribution is 5.80. The number of hydrogen-bond acceptors (Lipinski definition) is 3. The minimum atomic E-state index is -0.541. The Morgan fingerprint density at radius 1 is 1.00 bits per heavy atom. The first kappa shape index (κ1) is 14.2. The first-order valence-corrected chi connectivity index (χ1v) is 7.23. The number of nitrogens with one attached hydrogen (secondary N) is 1. The Morgan fingerprint density at radius 2 is 1.75 bits per heavy atom. The highest BCUT2D eigenvalue weighted by atomic mass is 19.1. The molecule has 4 aromatic rings. The van der Waals surface area contributed by atoms with Crippen molar-refractivity contribution in [3.8, 4) is 16.9 Å². The number of halogens is 1. The van der Waals surface area contributed by atoms with E-state index in [0.29, 0.717) is 17.0 Å². The van der Waals surface area contributed by atoms with Crippen molar-refractivity contribution in [1.82, 2.24) is 9.55 Å². The van der Waals surface area contributed by atoms with Crippen LogP contribution in [0.1, 0.15) is 0 Å². The fourth-order valence-corrected chi connectivity index (χ4v) is 2.58. The van der Waals surface area contributed by atoms with E-state index in [4.69, 9.17) is 4.42 Å². The van der Waals surface area contributed by atoms with Crippen LogP contribution in [0.2, 0.25) is 0 Å². The molecule has 0 fully saturated rings. The Morgan fingerprint density at radius 3 is 2.54 bits per heavy atom. The maximum atomic E-state index is 13.0. The third-order valence-electron chi connectivity index (χ3n) is 3.75. The molecule has 118 valence electrons. The van der Waals surface area contributed by atoms with Crippen LogP contribution in [-0.2, 0) is 0 Å².